The van der Waals surface area contributed by atoms with Crippen molar-refractivity contribution >= 4 is 5.91 Å². The van der Waals surface area contributed by atoms with Crippen molar-refractivity contribution in [2.45, 2.75) is 64.3 Å². The Bertz CT molecular complexity index is 240. The molecule has 112 valence electrons. The summed E-state index contributed by atoms with van der Waals surface area (Å²) in [7, 11) is 0. The predicted molar refractivity (Wildman–Crippen MR) is 80.0 cm³/mol. The summed E-state index contributed by atoms with van der Waals surface area (Å²) in [6.45, 7) is 6.15. The number of likely N-dealkylation sites (tertiary alicyclic amines) is 1. The fraction of sp³-hybridized carbons (Fsp3) is 0.933. The van der Waals surface area contributed by atoms with E-state index in [1.54, 1.807) is 0 Å². The third-order valence-electron chi connectivity index (χ3n) is 3.97. The number of piperidine rings is 1. The first-order valence-electron chi connectivity index (χ1n) is 7.95. The van der Waals surface area contributed by atoms with E-state index in [1.807, 2.05) is 0 Å². The standard InChI is InChI=1S/C15H31N3O/c1-14(18-11-7-4-8-12-18)13-17-15(19)9-5-2-3-6-10-16/h14H,2-13,16H2,1H3,(H,17,19). The van der Waals surface area contributed by atoms with Crippen molar-refractivity contribution in [2.75, 3.05) is 26.2 Å². The van der Waals surface area contributed by atoms with Gasteiger partial charge in [0.1, 0.15) is 0 Å². The normalized spacial score (nSPS) is 18.2. The summed E-state index contributed by atoms with van der Waals surface area (Å²) < 4.78 is 0. The number of carbonyl (C=O) groups is 1. The summed E-state index contributed by atoms with van der Waals surface area (Å²) in [5.74, 6) is 0.205. The van der Waals surface area contributed by atoms with Crippen LogP contribution in [0.4, 0.5) is 0 Å². The SMILES string of the molecule is CC(CNC(=O)CCCCCCN)N1CCCCC1. The summed E-state index contributed by atoms with van der Waals surface area (Å²) in [5, 5.41) is 3.07. The Kier molecular flexibility index (Phi) is 8.84. The zero-order valence-electron chi connectivity index (χ0n) is 12.5. The molecule has 0 aromatic rings. The molecule has 3 N–H and O–H groups in total. The highest BCUT2D eigenvalue weighted by Gasteiger charge is 2.16. The Hall–Kier alpha value is -0.610. The van der Waals surface area contributed by atoms with Crippen molar-refractivity contribution in [3.8, 4) is 0 Å². The molecule has 1 unspecified atom stereocenters. The van der Waals surface area contributed by atoms with Gasteiger partial charge in [0, 0.05) is 19.0 Å². The summed E-state index contributed by atoms with van der Waals surface area (Å²) >= 11 is 0. The number of nitrogens with two attached hydrogens (primary N) is 1. The summed E-state index contributed by atoms with van der Waals surface area (Å²) in [6.07, 6.45) is 8.96. The first-order chi connectivity index (χ1) is 9.24. The molecule has 4 nitrogen and oxygen atoms in total. The molecule has 1 heterocycles. The van der Waals surface area contributed by atoms with Gasteiger partial charge in [-0.15, -0.1) is 0 Å². The number of hydrogen-bond donors (Lipinski definition) is 2. The van der Waals surface area contributed by atoms with Crippen LogP contribution in [0.15, 0.2) is 0 Å². The molecule has 19 heavy (non-hydrogen) atoms. The highest BCUT2D eigenvalue weighted by molar-refractivity contribution is 5.75. The van der Waals surface area contributed by atoms with Crippen LogP contribution in [0.2, 0.25) is 0 Å². The molecule has 1 rings (SSSR count). The molecule has 0 aliphatic carbocycles. The largest absolute Gasteiger partial charge is 0.355 e. The van der Waals surface area contributed by atoms with Crippen LogP contribution in [0.25, 0.3) is 0 Å². The van der Waals surface area contributed by atoms with Gasteiger partial charge in [-0.25, -0.2) is 0 Å². The van der Waals surface area contributed by atoms with Crippen molar-refractivity contribution in [1.82, 2.24) is 10.2 Å². The highest BCUT2D eigenvalue weighted by Crippen LogP contribution is 2.11. The van der Waals surface area contributed by atoms with Crippen molar-refractivity contribution in [1.29, 1.82) is 0 Å². The molecular weight excluding hydrogens is 238 g/mol. The van der Waals surface area contributed by atoms with Crippen LogP contribution >= 0.6 is 0 Å². The Balaban J connectivity index is 2.02. The van der Waals surface area contributed by atoms with Crippen molar-refractivity contribution in [2.24, 2.45) is 5.73 Å². The van der Waals surface area contributed by atoms with Gasteiger partial charge in [0.05, 0.1) is 0 Å². The highest BCUT2D eigenvalue weighted by atomic mass is 16.1. The fourth-order valence-electron chi connectivity index (χ4n) is 2.62. The van der Waals surface area contributed by atoms with Crippen LogP contribution in [-0.4, -0.2) is 43.0 Å². The minimum absolute atomic E-state index is 0.205. The molecule has 0 bridgehead atoms. The van der Waals surface area contributed by atoms with Crippen molar-refractivity contribution < 1.29 is 4.79 Å². The second kappa shape index (κ2) is 10.2. The molecule has 1 fully saturated rings. The molecule has 1 aliphatic heterocycles. The first-order valence-corrected chi connectivity index (χ1v) is 7.95. The van der Waals surface area contributed by atoms with Crippen molar-refractivity contribution in [3.05, 3.63) is 0 Å². The third kappa shape index (κ3) is 7.53. The summed E-state index contributed by atoms with van der Waals surface area (Å²) in [5.41, 5.74) is 5.44. The zero-order valence-corrected chi connectivity index (χ0v) is 12.5. The van der Waals surface area contributed by atoms with Crippen LogP contribution in [0, 0.1) is 0 Å². The number of hydrogen-bond acceptors (Lipinski definition) is 3. The van der Waals surface area contributed by atoms with Gasteiger partial charge in [-0.3, -0.25) is 9.69 Å². The molecule has 1 amide bonds. The quantitative estimate of drug-likeness (QED) is 0.628. The second-order valence-corrected chi connectivity index (χ2v) is 5.70. The van der Waals surface area contributed by atoms with E-state index in [-0.39, 0.29) is 5.91 Å². The van der Waals surface area contributed by atoms with Gasteiger partial charge in [0.15, 0.2) is 0 Å². The minimum atomic E-state index is 0.205. The Labute approximate surface area is 118 Å². The van der Waals surface area contributed by atoms with E-state index in [0.717, 1.165) is 38.8 Å². The van der Waals surface area contributed by atoms with Crippen LogP contribution in [-0.2, 0) is 4.79 Å². The van der Waals surface area contributed by atoms with Gasteiger partial charge >= 0.3 is 0 Å². The number of nitrogens with zero attached hydrogens (tertiary/aromatic N) is 1. The van der Waals surface area contributed by atoms with Crippen LogP contribution in [0.1, 0.15) is 58.3 Å². The Morgan fingerprint density at radius 1 is 1.16 bits per heavy atom. The van der Waals surface area contributed by atoms with E-state index in [9.17, 15) is 4.79 Å². The number of unbranched alkanes of at least 4 members (excludes halogenated alkanes) is 3. The smallest absolute Gasteiger partial charge is 0.220 e. The maximum absolute atomic E-state index is 11.7. The van der Waals surface area contributed by atoms with Crippen LogP contribution in [0.3, 0.4) is 0 Å². The molecular formula is C15H31N3O. The van der Waals surface area contributed by atoms with E-state index in [0.29, 0.717) is 12.5 Å². The number of carbonyl (C=O) groups excluding carboxylic acids is 1. The molecule has 0 spiro atoms. The monoisotopic (exact) mass is 269 g/mol. The van der Waals surface area contributed by atoms with E-state index in [4.69, 9.17) is 5.73 Å². The fourth-order valence-corrected chi connectivity index (χ4v) is 2.62. The zero-order chi connectivity index (χ0) is 13.9. The van der Waals surface area contributed by atoms with Gasteiger partial charge < -0.3 is 11.1 Å². The van der Waals surface area contributed by atoms with Gasteiger partial charge in [0.2, 0.25) is 5.91 Å². The predicted octanol–water partition coefficient (Wildman–Crippen LogP) is 1.89. The van der Waals surface area contributed by atoms with E-state index < -0.39 is 0 Å². The molecule has 0 aromatic carbocycles. The molecule has 0 saturated carbocycles. The maximum atomic E-state index is 11.7. The lowest BCUT2D eigenvalue weighted by Gasteiger charge is -2.32. The van der Waals surface area contributed by atoms with Crippen LogP contribution < -0.4 is 11.1 Å². The molecule has 0 aromatic heterocycles. The van der Waals surface area contributed by atoms with Gasteiger partial charge in [-0.1, -0.05) is 19.3 Å². The molecule has 0 radical (unpaired) electrons. The molecule has 4 heteroatoms. The lowest BCUT2D eigenvalue weighted by atomic mass is 10.1. The average Bonchev–Trinajstić information content (AvgIpc) is 2.45. The van der Waals surface area contributed by atoms with E-state index in [2.05, 4.69) is 17.1 Å². The lowest BCUT2D eigenvalue weighted by Crippen LogP contribution is -2.44. The number of rotatable bonds is 9. The maximum Gasteiger partial charge on any atom is 0.220 e. The van der Waals surface area contributed by atoms with Gasteiger partial charge in [0.25, 0.3) is 0 Å². The molecule has 1 aliphatic rings. The van der Waals surface area contributed by atoms with Crippen LogP contribution in [0.5, 0.6) is 0 Å². The molecule has 1 saturated heterocycles. The lowest BCUT2D eigenvalue weighted by molar-refractivity contribution is -0.121. The summed E-state index contributed by atoms with van der Waals surface area (Å²) in [4.78, 5) is 14.2. The summed E-state index contributed by atoms with van der Waals surface area (Å²) in [6, 6.07) is 0.474. The Morgan fingerprint density at radius 2 is 1.84 bits per heavy atom. The molecule has 1 atom stereocenters. The third-order valence-corrected chi connectivity index (χ3v) is 3.97. The topological polar surface area (TPSA) is 58.4 Å². The first kappa shape index (κ1) is 16.4. The number of nitrogens with one attached hydrogen (secondary N) is 1. The Morgan fingerprint density at radius 3 is 2.53 bits per heavy atom. The van der Waals surface area contributed by atoms with E-state index in [1.165, 1.54) is 32.4 Å². The van der Waals surface area contributed by atoms with E-state index >= 15 is 0 Å². The second-order valence-electron chi connectivity index (χ2n) is 5.70. The van der Waals surface area contributed by atoms with Crippen molar-refractivity contribution in [3.63, 3.8) is 0 Å². The average molecular weight is 269 g/mol. The van der Waals surface area contributed by atoms with Gasteiger partial charge in [-0.2, -0.15) is 0 Å². The minimum Gasteiger partial charge on any atom is -0.355 e. The van der Waals surface area contributed by atoms with Gasteiger partial charge in [-0.05, 0) is 52.2 Å². The number of amides is 1.